The first kappa shape index (κ1) is 38.2. The highest BCUT2D eigenvalue weighted by Gasteiger charge is 2.18. The fourth-order valence-corrected chi connectivity index (χ4v) is 3.21. The van der Waals surface area contributed by atoms with Gasteiger partial charge in [-0.15, -0.1) is 0 Å². The third kappa shape index (κ3) is 18.5. The van der Waals surface area contributed by atoms with Gasteiger partial charge in [0.2, 0.25) is 5.91 Å². The lowest BCUT2D eigenvalue weighted by molar-refractivity contribution is -0.258. The Labute approximate surface area is 249 Å². The minimum absolute atomic E-state index is 0.168. The molecule has 0 aliphatic carbocycles. The van der Waals surface area contributed by atoms with Gasteiger partial charge in [-0.1, -0.05) is 42.5 Å². The third-order valence-corrected chi connectivity index (χ3v) is 5.64. The van der Waals surface area contributed by atoms with Crippen LogP contribution in [0.1, 0.15) is 31.4 Å². The number of thioether (sulfide) groups is 1. The van der Waals surface area contributed by atoms with Gasteiger partial charge in [0.1, 0.15) is 24.1 Å². The predicted octanol–water partition coefficient (Wildman–Crippen LogP) is 0.138. The Kier molecular flexibility index (Phi) is 19.9. The number of esters is 1. The topological polar surface area (TPSA) is 243 Å². The molecule has 0 spiro atoms. The SMILES string of the molecule is CC(=O)OOC(=O)[C@@H](N)Cc1ccc(OC(=O)[C@@H](C)N)cc1.CSCC[C@H](N)C(N)=O.N[C@H](C=O)Cc1ccccc1. The molecule has 0 bridgehead atoms. The summed E-state index contributed by atoms with van der Waals surface area (Å²) in [4.78, 5) is 62.1. The molecule has 1 amide bonds. The number of ether oxygens (including phenoxy) is 1. The van der Waals surface area contributed by atoms with Crippen LogP contribution >= 0.6 is 11.8 Å². The maximum Gasteiger partial charge on any atom is 0.372 e. The summed E-state index contributed by atoms with van der Waals surface area (Å²) in [5.74, 6) is -1.34. The maximum atomic E-state index is 11.4. The molecule has 42 heavy (non-hydrogen) atoms. The monoisotopic (exact) mass is 607 g/mol. The molecule has 13 nitrogen and oxygen atoms in total. The average molecular weight is 608 g/mol. The fraction of sp³-hybridized carbons (Fsp3) is 0.393. The van der Waals surface area contributed by atoms with Crippen LogP contribution in [-0.4, -0.2) is 66.3 Å². The van der Waals surface area contributed by atoms with Crippen molar-refractivity contribution in [1.82, 2.24) is 0 Å². The van der Waals surface area contributed by atoms with Gasteiger partial charge in [-0.25, -0.2) is 24.2 Å². The second kappa shape index (κ2) is 21.9. The summed E-state index contributed by atoms with van der Waals surface area (Å²) in [6, 6.07) is 13.6. The number of aldehydes is 1. The number of carbonyl (C=O) groups is 5. The van der Waals surface area contributed by atoms with Crippen molar-refractivity contribution < 1.29 is 38.5 Å². The average Bonchev–Trinajstić information content (AvgIpc) is 2.96. The number of rotatable bonds is 12. The van der Waals surface area contributed by atoms with Crippen LogP contribution in [0.2, 0.25) is 0 Å². The van der Waals surface area contributed by atoms with E-state index in [1.807, 2.05) is 36.6 Å². The number of primary amides is 1. The summed E-state index contributed by atoms with van der Waals surface area (Å²) in [6.45, 7) is 2.62. The highest BCUT2D eigenvalue weighted by Crippen LogP contribution is 2.14. The zero-order valence-electron chi connectivity index (χ0n) is 24.0. The Morgan fingerprint density at radius 1 is 0.833 bits per heavy atom. The second-order valence-corrected chi connectivity index (χ2v) is 9.91. The molecule has 2 aromatic carbocycles. The molecular formula is C28H41N5O8S. The molecule has 0 fully saturated rings. The number of benzene rings is 2. The van der Waals surface area contributed by atoms with E-state index in [0.29, 0.717) is 24.2 Å². The zero-order valence-corrected chi connectivity index (χ0v) is 24.8. The lowest BCUT2D eigenvalue weighted by Gasteiger charge is -2.10. The normalized spacial score (nSPS) is 12.8. The van der Waals surface area contributed by atoms with Crippen molar-refractivity contribution in [2.75, 3.05) is 12.0 Å². The Balaban J connectivity index is 0.000000696. The molecule has 0 heterocycles. The first-order chi connectivity index (χ1) is 19.8. The van der Waals surface area contributed by atoms with E-state index in [9.17, 15) is 24.0 Å². The van der Waals surface area contributed by atoms with E-state index < -0.39 is 41.9 Å². The first-order valence-corrected chi connectivity index (χ1v) is 14.2. The zero-order chi connectivity index (χ0) is 32.1. The molecule has 232 valence electrons. The van der Waals surface area contributed by atoms with E-state index in [2.05, 4.69) is 9.78 Å². The molecule has 10 N–H and O–H groups in total. The van der Waals surface area contributed by atoms with Crippen LogP contribution in [0.5, 0.6) is 5.75 Å². The largest absolute Gasteiger partial charge is 0.425 e. The van der Waals surface area contributed by atoms with Gasteiger partial charge < -0.3 is 38.2 Å². The molecule has 14 heteroatoms. The molecule has 0 aromatic heterocycles. The standard InChI is InChI=1S/C14H18N2O6.C9H11NO.C5H12N2OS/c1-8(15)13(18)20-11-5-3-10(4-6-11)7-12(16)14(19)22-21-9(2)17;10-9(7-11)6-8-4-2-1-3-5-8;1-9-3-2-4(6)5(7)8/h3-6,8,12H,7,15-16H2,1-2H3;1-5,7,9H,6,10H2;4H,2-3,6H2,1H3,(H2,7,8)/t8-,12+;9-;4-/m100/s1. The van der Waals surface area contributed by atoms with Gasteiger partial charge in [0.15, 0.2) is 0 Å². The quantitative estimate of drug-likeness (QED) is 0.0709. The number of amides is 1. The van der Waals surface area contributed by atoms with E-state index in [-0.39, 0.29) is 12.5 Å². The van der Waals surface area contributed by atoms with Crippen LogP contribution in [0.3, 0.4) is 0 Å². The van der Waals surface area contributed by atoms with Crippen LogP contribution in [-0.2, 0) is 46.6 Å². The number of hydrogen-bond acceptors (Lipinski definition) is 13. The Morgan fingerprint density at radius 3 is 1.88 bits per heavy atom. The lowest BCUT2D eigenvalue weighted by Crippen LogP contribution is -2.36. The number of hydrogen-bond donors (Lipinski definition) is 5. The summed E-state index contributed by atoms with van der Waals surface area (Å²) in [6.07, 6.45) is 4.21. The molecule has 0 radical (unpaired) electrons. The van der Waals surface area contributed by atoms with Crippen molar-refractivity contribution >= 4 is 41.9 Å². The van der Waals surface area contributed by atoms with E-state index in [4.69, 9.17) is 33.4 Å². The molecular weight excluding hydrogens is 566 g/mol. The van der Waals surface area contributed by atoms with Crippen LogP contribution in [0.25, 0.3) is 0 Å². The predicted molar refractivity (Wildman–Crippen MR) is 160 cm³/mol. The number of nitrogens with two attached hydrogens (primary N) is 5. The lowest BCUT2D eigenvalue weighted by atomic mass is 10.1. The van der Waals surface area contributed by atoms with Crippen molar-refractivity contribution in [3.05, 3.63) is 65.7 Å². The summed E-state index contributed by atoms with van der Waals surface area (Å²) >= 11 is 1.66. The highest BCUT2D eigenvalue weighted by molar-refractivity contribution is 7.98. The minimum atomic E-state index is -0.989. The molecule has 2 rings (SSSR count). The molecule has 0 unspecified atom stereocenters. The van der Waals surface area contributed by atoms with Gasteiger partial charge in [-0.05, 0) is 61.5 Å². The smallest absolute Gasteiger partial charge is 0.372 e. The van der Waals surface area contributed by atoms with Gasteiger partial charge in [0, 0.05) is 6.92 Å². The van der Waals surface area contributed by atoms with Crippen LogP contribution < -0.4 is 33.4 Å². The molecule has 0 aliphatic heterocycles. The summed E-state index contributed by atoms with van der Waals surface area (Å²) in [5.41, 5.74) is 28.5. The van der Waals surface area contributed by atoms with E-state index >= 15 is 0 Å². The molecule has 0 saturated carbocycles. The van der Waals surface area contributed by atoms with Gasteiger partial charge in [-0.2, -0.15) is 11.8 Å². The van der Waals surface area contributed by atoms with Crippen molar-refractivity contribution in [3.8, 4) is 5.75 Å². The Hall–Kier alpha value is -3.82. The van der Waals surface area contributed by atoms with Gasteiger partial charge in [0.05, 0.1) is 12.1 Å². The Morgan fingerprint density at radius 2 is 1.40 bits per heavy atom. The Bertz CT molecular complexity index is 1100. The molecule has 2 aromatic rings. The van der Waals surface area contributed by atoms with E-state index in [0.717, 1.165) is 24.5 Å². The molecule has 0 saturated heterocycles. The second-order valence-electron chi connectivity index (χ2n) is 8.92. The van der Waals surface area contributed by atoms with Crippen LogP contribution in [0, 0.1) is 0 Å². The maximum absolute atomic E-state index is 11.4. The third-order valence-electron chi connectivity index (χ3n) is 5.00. The van der Waals surface area contributed by atoms with Crippen molar-refractivity contribution in [1.29, 1.82) is 0 Å². The van der Waals surface area contributed by atoms with Gasteiger partial charge >= 0.3 is 17.9 Å². The van der Waals surface area contributed by atoms with Crippen molar-refractivity contribution in [2.45, 2.75) is 57.3 Å². The summed E-state index contributed by atoms with van der Waals surface area (Å²) in [7, 11) is 0. The van der Waals surface area contributed by atoms with Crippen molar-refractivity contribution in [3.63, 3.8) is 0 Å². The molecule has 4 atom stereocenters. The van der Waals surface area contributed by atoms with Crippen LogP contribution in [0.15, 0.2) is 54.6 Å². The molecule has 0 aliphatic rings. The summed E-state index contributed by atoms with van der Waals surface area (Å²) < 4.78 is 5.00. The number of carbonyl (C=O) groups excluding carboxylic acids is 5. The van der Waals surface area contributed by atoms with Crippen molar-refractivity contribution in [2.24, 2.45) is 28.7 Å². The minimum Gasteiger partial charge on any atom is -0.425 e. The van der Waals surface area contributed by atoms with Crippen LogP contribution in [0.4, 0.5) is 0 Å². The van der Waals surface area contributed by atoms with Gasteiger partial charge in [-0.3, -0.25) is 4.79 Å². The van der Waals surface area contributed by atoms with Gasteiger partial charge in [0.25, 0.3) is 0 Å². The highest BCUT2D eigenvalue weighted by atomic mass is 32.2. The van der Waals surface area contributed by atoms with E-state index in [1.54, 1.807) is 36.0 Å². The first-order valence-electron chi connectivity index (χ1n) is 12.8. The summed E-state index contributed by atoms with van der Waals surface area (Å²) in [5, 5.41) is 0. The fourth-order valence-electron chi connectivity index (χ4n) is 2.72. The van der Waals surface area contributed by atoms with E-state index in [1.165, 1.54) is 6.92 Å².